The highest BCUT2D eigenvalue weighted by Crippen LogP contribution is 2.40. The Bertz CT molecular complexity index is 2170. The number of nitrogens with one attached hydrogen (secondary N) is 5. The number of hydrogen-bond acceptors (Lipinski definition) is 19. The predicted octanol–water partition coefficient (Wildman–Crippen LogP) is 3.28. The van der Waals surface area contributed by atoms with Crippen LogP contribution in [0.25, 0.3) is 0 Å². The van der Waals surface area contributed by atoms with Crippen LogP contribution in [-0.4, -0.2) is 207 Å². The zero-order valence-electron chi connectivity index (χ0n) is 48.8. The summed E-state index contributed by atoms with van der Waals surface area (Å²) in [4.78, 5) is 82.7. The Balaban J connectivity index is 1.51. The fraction of sp³-hybridized carbons (Fsp3) is 0.849. The first kappa shape index (κ1) is 63.9. The Kier molecular flexibility index (Phi) is 19.7. The van der Waals surface area contributed by atoms with Gasteiger partial charge in [-0.1, -0.05) is 0 Å². The van der Waals surface area contributed by atoms with Crippen LogP contribution in [-0.2, 0) is 42.7 Å². The van der Waals surface area contributed by atoms with E-state index in [0.717, 1.165) is 9.80 Å². The molecule has 1 unspecified atom stereocenters. The molecule has 6 amide bonds. The molecule has 9 N–H and O–H groups in total. The third-order valence-corrected chi connectivity index (χ3v) is 13.3. The Hall–Kier alpha value is -4.92. The van der Waals surface area contributed by atoms with Crippen LogP contribution < -0.4 is 26.6 Å². The average Bonchev–Trinajstić information content (AvgIpc) is 3.20. The second-order valence-electron chi connectivity index (χ2n) is 26.7. The molecule has 3 aliphatic heterocycles. The van der Waals surface area contributed by atoms with Crippen LogP contribution in [0.3, 0.4) is 0 Å². The molecule has 446 valence electrons. The van der Waals surface area contributed by atoms with Crippen molar-refractivity contribution in [3.63, 3.8) is 0 Å². The largest absolute Gasteiger partial charge is 0.491 e. The van der Waals surface area contributed by atoms with Gasteiger partial charge in [0.2, 0.25) is 0 Å². The van der Waals surface area contributed by atoms with E-state index in [1.54, 1.807) is 110 Å². The molecule has 2 saturated carbocycles. The van der Waals surface area contributed by atoms with Gasteiger partial charge in [-0.15, -0.1) is 0 Å². The molecule has 5 aliphatic rings. The number of likely N-dealkylation sites (N-methyl/N-ethyl adjacent to an activating group) is 1. The molecule has 3 heterocycles. The number of β-amino-alcohol motifs (C(OH)–C–C–N with tert-alkyl or cyclic N) is 1. The van der Waals surface area contributed by atoms with Crippen LogP contribution in [0.2, 0.25) is 0 Å². The minimum Gasteiger partial charge on any atom is -0.491 e. The summed E-state index contributed by atoms with van der Waals surface area (Å²) in [7, 11) is 1.32. The van der Waals surface area contributed by atoms with Crippen molar-refractivity contribution in [1.82, 2.24) is 36.4 Å². The van der Waals surface area contributed by atoms with Crippen molar-refractivity contribution in [2.75, 3.05) is 39.8 Å². The molecule has 25 heteroatoms. The van der Waals surface area contributed by atoms with E-state index < -0.39 is 156 Å². The summed E-state index contributed by atoms with van der Waals surface area (Å²) in [6, 6.07) is -4.96. The molecule has 25 nitrogen and oxygen atoms in total. The Morgan fingerprint density at radius 1 is 0.692 bits per heavy atom. The maximum absolute atomic E-state index is 14.3. The lowest BCUT2D eigenvalue weighted by Crippen LogP contribution is -2.74. The molecule has 0 aromatic heterocycles. The lowest BCUT2D eigenvalue weighted by Gasteiger charge is -2.52. The average molecular weight is 1110 g/mol. The number of carbonyl (C=O) groups is 6. The molecule has 4 fully saturated rings. The van der Waals surface area contributed by atoms with E-state index in [2.05, 4.69) is 26.6 Å². The summed E-state index contributed by atoms with van der Waals surface area (Å²) in [5.41, 5.74) is -8.44. The van der Waals surface area contributed by atoms with Crippen molar-refractivity contribution in [1.29, 1.82) is 0 Å². The summed E-state index contributed by atoms with van der Waals surface area (Å²) in [6.45, 7) is 26.0. The molecule has 0 radical (unpaired) electrons. The van der Waals surface area contributed by atoms with Crippen LogP contribution in [0, 0.1) is 11.8 Å². The molecule has 78 heavy (non-hydrogen) atoms. The van der Waals surface area contributed by atoms with Gasteiger partial charge in [0, 0.05) is 25.0 Å². The quantitative estimate of drug-likeness (QED) is 0.120. The van der Waals surface area contributed by atoms with Gasteiger partial charge in [0.1, 0.15) is 57.7 Å². The van der Waals surface area contributed by atoms with Crippen molar-refractivity contribution in [3.05, 3.63) is 11.8 Å². The zero-order chi connectivity index (χ0) is 58.9. The van der Waals surface area contributed by atoms with Crippen molar-refractivity contribution in [2.45, 2.75) is 237 Å². The highest BCUT2D eigenvalue weighted by Gasteiger charge is 2.58. The van der Waals surface area contributed by atoms with Gasteiger partial charge in [0.05, 0.1) is 50.5 Å². The van der Waals surface area contributed by atoms with Crippen LogP contribution in [0.4, 0.5) is 24.0 Å². The number of ether oxygens (including phenoxy) is 8. The Morgan fingerprint density at radius 2 is 1.21 bits per heavy atom. The lowest BCUT2D eigenvalue weighted by molar-refractivity contribution is -0.306. The maximum Gasteiger partial charge on any atom is 0.410 e. The maximum atomic E-state index is 14.3. The normalized spacial score (nSPS) is 31.3. The molecule has 5 rings (SSSR count). The van der Waals surface area contributed by atoms with Gasteiger partial charge in [-0.05, 0) is 155 Å². The number of aliphatic hydroxyl groups is 4. The first-order chi connectivity index (χ1) is 35.5. The smallest absolute Gasteiger partial charge is 0.410 e. The van der Waals surface area contributed by atoms with E-state index in [0.29, 0.717) is 25.1 Å². The number of aliphatic hydroxyl groups excluding tert-OH is 2. The number of carbonyl (C=O) groups excluding carboxylic acids is 6. The van der Waals surface area contributed by atoms with E-state index in [4.69, 9.17) is 37.9 Å². The molecule has 0 spiro atoms. The summed E-state index contributed by atoms with van der Waals surface area (Å²) < 4.78 is 47.1. The monoisotopic (exact) mass is 1110 g/mol. The zero-order valence-corrected chi connectivity index (χ0v) is 48.8. The highest BCUT2D eigenvalue weighted by atomic mass is 16.7. The number of likely N-dealkylation sites (tertiary alicyclic amines) is 1. The number of nitrogens with zero attached hydrogens (tertiary/aromatic N) is 2. The molecular weight excluding hydrogens is 1020 g/mol. The Labute approximate surface area is 458 Å². The van der Waals surface area contributed by atoms with Crippen LogP contribution in [0.5, 0.6) is 0 Å². The molecule has 0 aromatic rings. The van der Waals surface area contributed by atoms with Gasteiger partial charge < -0.3 is 94.7 Å². The van der Waals surface area contributed by atoms with Gasteiger partial charge in [-0.3, -0.25) is 4.79 Å². The molecule has 0 bridgehead atoms. The summed E-state index contributed by atoms with van der Waals surface area (Å²) >= 11 is 0. The first-order valence-electron chi connectivity index (χ1n) is 26.9. The second kappa shape index (κ2) is 24.0. The van der Waals surface area contributed by atoms with Crippen molar-refractivity contribution in [3.8, 4) is 0 Å². The van der Waals surface area contributed by atoms with Crippen LogP contribution in [0.1, 0.15) is 136 Å². The van der Waals surface area contributed by atoms with Gasteiger partial charge >= 0.3 is 30.5 Å². The molecule has 2 aliphatic carbocycles. The van der Waals surface area contributed by atoms with E-state index in [1.165, 1.54) is 14.0 Å². The van der Waals surface area contributed by atoms with Crippen LogP contribution >= 0.6 is 0 Å². The first-order valence-corrected chi connectivity index (χ1v) is 26.9. The van der Waals surface area contributed by atoms with Gasteiger partial charge in [-0.2, -0.15) is 0 Å². The SMILES string of the molecule is CN(C(=O)OC(C)(C)C)[C@@H]1[C@@H](O)[C@@H](O[C@H]2[C@H](NC(=O)C3(O)CN(C(=O)OC(C)(C)C)C3)C[C@H](NC(=O)OC(C)(C)C)C([C@H]3OC(CNCC4CC(NC(=O)OC(C)(C)C)C4)=CC[C@H]3NC(=O)OC(C)(C)C)[C@@H]2O)OC[C@]1(C)O. The van der Waals surface area contributed by atoms with Gasteiger partial charge in [0.25, 0.3) is 5.91 Å². The molecule has 0 aromatic carbocycles. The van der Waals surface area contributed by atoms with Gasteiger partial charge in [-0.25, -0.2) is 24.0 Å². The predicted molar refractivity (Wildman–Crippen MR) is 280 cm³/mol. The fourth-order valence-electron chi connectivity index (χ4n) is 10.1. The van der Waals surface area contributed by atoms with E-state index >= 15 is 0 Å². The third-order valence-electron chi connectivity index (χ3n) is 13.3. The summed E-state index contributed by atoms with van der Waals surface area (Å²) in [5.74, 6) is -1.61. The second-order valence-corrected chi connectivity index (χ2v) is 26.7. The molecule has 2 saturated heterocycles. The van der Waals surface area contributed by atoms with Crippen molar-refractivity contribution >= 4 is 36.4 Å². The lowest BCUT2D eigenvalue weighted by atomic mass is 9.72. The van der Waals surface area contributed by atoms with Crippen molar-refractivity contribution < 1.29 is 87.1 Å². The summed E-state index contributed by atoms with van der Waals surface area (Å²) in [6.07, 6.45) is -9.00. The fourth-order valence-corrected chi connectivity index (χ4v) is 10.1. The van der Waals surface area contributed by atoms with E-state index in [1.807, 2.05) is 0 Å². The summed E-state index contributed by atoms with van der Waals surface area (Å²) in [5, 5.41) is 63.3. The van der Waals surface area contributed by atoms with Crippen LogP contribution in [0.15, 0.2) is 11.8 Å². The highest BCUT2D eigenvalue weighted by molar-refractivity contribution is 5.89. The standard InChI is InChI=1S/C53H91N7O18/c1-47(2,3)74-42(64)55-29-20-28(21-29)23-54-24-30-18-19-31(57-43(65)75-48(4,5)6)37(72-30)34-32(58-44(66)76-49(7,8)9)22-33(56-41(63)53(70)25-60(26-53)46(68)78-51(13,14)15)38(35(34)61)73-40-36(62)39(52(16,69)27-71-40)59(17)45(67)77-50(10,11)12/h18,28-29,31-40,54,61-62,69-70H,19-27H2,1-17H3,(H,55,64)(H,56,63)(H,57,65)(H,58,66)/t28?,29?,31-,32+,33-,34?,35+,36-,37+,38+,39-,40-,52+/m1/s1. The number of hydrogen-bond donors (Lipinski definition) is 9. The Morgan fingerprint density at radius 3 is 1.73 bits per heavy atom. The topological polar surface area (TPSA) is 324 Å². The number of rotatable bonds is 13. The van der Waals surface area contributed by atoms with E-state index in [9.17, 15) is 49.2 Å². The molecular formula is C53H91N7O18. The number of alkyl carbamates (subject to hydrolysis) is 3. The third kappa shape index (κ3) is 18.0. The minimum absolute atomic E-state index is 0.0551. The minimum atomic E-state index is -2.16. The van der Waals surface area contributed by atoms with E-state index in [-0.39, 0.29) is 31.3 Å². The molecule has 11 atom stereocenters. The van der Waals surface area contributed by atoms with Gasteiger partial charge in [0.15, 0.2) is 11.9 Å². The number of amides is 6. The van der Waals surface area contributed by atoms with Crippen molar-refractivity contribution in [2.24, 2.45) is 11.8 Å².